The van der Waals surface area contributed by atoms with E-state index in [1.165, 1.54) is 0 Å². The van der Waals surface area contributed by atoms with Gasteiger partial charge in [-0.3, -0.25) is 9.80 Å². The van der Waals surface area contributed by atoms with Crippen LogP contribution in [-0.2, 0) is 23.4 Å². The Hall–Kier alpha value is -3.95. The minimum atomic E-state index is -0.778. The molecule has 0 aliphatic carbocycles. The number of alkyl carbamates (subject to hydrolysis) is 1. The molecule has 0 radical (unpaired) electrons. The second kappa shape index (κ2) is 14.0. The van der Waals surface area contributed by atoms with Crippen molar-refractivity contribution < 1.29 is 28.5 Å². The molecule has 9 nitrogen and oxygen atoms in total. The summed E-state index contributed by atoms with van der Waals surface area (Å²) in [6.07, 6.45) is -0.456. The molecular formula is C34H45N3O6. The smallest absolute Gasteiger partial charge is 0.408 e. The standard InChI is InChI=1S/C34H45N3O6/c1-33(2,3)43-32(38)35-34(27-11-9-8-10-12-27)23-36(21-25-13-15-28(39-4)19-30(25)41-6)17-18-37(24-34)22-26-14-16-29(40-5)20-31(26)42-7/h8-16,19-20H,17-18,21-24H2,1-7H3,(H,35,38). The highest BCUT2D eigenvalue weighted by atomic mass is 16.6. The number of rotatable bonds is 10. The van der Waals surface area contributed by atoms with E-state index >= 15 is 0 Å². The highest BCUT2D eigenvalue weighted by Crippen LogP contribution is 2.33. The third-order valence-electron chi connectivity index (χ3n) is 7.56. The lowest BCUT2D eigenvalue weighted by molar-refractivity contribution is 0.0404. The van der Waals surface area contributed by atoms with Gasteiger partial charge in [-0.1, -0.05) is 42.5 Å². The third-order valence-corrected chi connectivity index (χ3v) is 7.56. The maximum atomic E-state index is 13.5. The first-order chi connectivity index (χ1) is 20.6. The number of hydrogen-bond donors (Lipinski definition) is 1. The van der Waals surface area contributed by atoms with E-state index in [0.29, 0.717) is 26.2 Å². The molecule has 0 saturated carbocycles. The predicted octanol–water partition coefficient (Wildman–Crippen LogP) is 5.46. The number of carbonyl (C=O) groups is 1. The van der Waals surface area contributed by atoms with Crippen LogP contribution in [-0.4, -0.2) is 76.1 Å². The number of methoxy groups -OCH3 is 4. The number of nitrogens with one attached hydrogen (secondary N) is 1. The highest BCUT2D eigenvalue weighted by molar-refractivity contribution is 5.69. The molecule has 0 atom stereocenters. The number of benzene rings is 3. The first kappa shape index (κ1) is 32.0. The normalized spacial score (nSPS) is 15.7. The van der Waals surface area contributed by atoms with E-state index in [9.17, 15) is 4.79 Å². The van der Waals surface area contributed by atoms with Gasteiger partial charge in [-0.2, -0.15) is 0 Å². The summed E-state index contributed by atoms with van der Waals surface area (Å²) in [5.41, 5.74) is 1.65. The summed E-state index contributed by atoms with van der Waals surface area (Å²) in [4.78, 5) is 18.2. The average Bonchev–Trinajstić information content (AvgIpc) is 3.16. The van der Waals surface area contributed by atoms with Gasteiger partial charge in [-0.15, -0.1) is 0 Å². The molecule has 9 heteroatoms. The van der Waals surface area contributed by atoms with Gasteiger partial charge >= 0.3 is 6.09 Å². The van der Waals surface area contributed by atoms with Gasteiger partial charge in [-0.25, -0.2) is 4.79 Å². The number of hydrogen-bond acceptors (Lipinski definition) is 8. The summed E-state index contributed by atoms with van der Waals surface area (Å²) in [6, 6.07) is 21.9. The number of ether oxygens (including phenoxy) is 5. The van der Waals surface area contributed by atoms with Crippen LogP contribution in [0.5, 0.6) is 23.0 Å². The molecule has 4 rings (SSSR count). The van der Waals surface area contributed by atoms with Crippen LogP contribution in [0.15, 0.2) is 66.7 Å². The van der Waals surface area contributed by atoms with Crippen molar-refractivity contribution in [2.75, 3.05) is 54.6 Å². The van der Waals surface area contributed by atoms with Crippen molar-refractivity contribution in [3.63, 3.8) is 0 Å². The fourth-order valence-corrected chi connectivity index (χ4v) is 5.56. The van der Waals surface area contributed by atoms with E-state index in [1.54, 1.807) is 28.4 Å². The second-order valence-corrected chi connectivity index (χ2v) is 11.9. The molecule has 1 saturated heterocycles. The summed E-state index contributed by atoms with van der Waals surface area (Å²) in [5, 5.41) is 3.32. The van der Waals surface area contributed by atoms with Crippen LogP contribution in [0.1, 0.15) is 37.5 Å². The van der Waals surface area contributed by atoms with Gasteiger partial charge in [0.25, 0.3) is 0 Å². The Morgan fingerprint density at radius 2 is 1.23 bits per heavy atom. The van der Waals surface area contributed by atoms with E-state index < -0.39 is 17.2 Å². The van der Waals surface area contributed by atoms with E-state index in [4.69, 9.17) is 23.7 Å². The van der Waals surface area contributed by atoms with Gasteiger partial charge in [0.2, 0.25) is 0 Å². The van der Waals surface area contributed by atoms with E-state index in [-0.39, 0.29) is 0 Å². The van der Waals surface area contributed by atoms with Crippen molar-refractivity contribution >= 4 is 6.09 Å². The van der Waals surface area contributed by atoms with Crippen molar-refractivity contribution in [1.82, 2.24) is 15.1 Å². The number of amides is 1. The Labute approximate surface area is 255 Å². The van der Waals surface area contributed by atoms with Crippen LogP contribution < -0.4 is 24.3 Å². The molecule has 1 N–H and O–H groups in total. The van der Waals surface area contributed by atoms with Crippen LogP contribution in [0.3, 0.4) is 0 Å². The van der Waals surface area contributed by atoms with Crippen LogP contribution >= 0.6 is 0 Å². The second-order valence-electron chi connectivity index (χ2n) is 11.9. The van der Waals surface area contributed by atoms with Gasteiger partial charge in [0.1, 0.15) is 28.6 Å². The monoisotopic (exact) mass is 591 g/mol. The molecular weight excluding hydrogens is 546 g/mol. The van der Waals surface area contributed by atoms with E-state index in [2.05, 4.69) is 27.2 Å². The van der Waals surface area contributed by atoms with Crippen LogP contribution in [0.2, 0.25) is 0 Å². The zero-order valence-corrected chi connectivity index (χ0v) is 26.4. The lowest BCUT2D eigenvalue weighted by atomic mass is 9.88. The largest absolute Gasteiger partial charge is 0.497 e. The molecule has 1 aliphatic heterocycles. The van der Waals surface area contributed by atoms with Gasteiger partial charge in [0, 0.05) is 62.5 Å². The molecule has 1 amide bonds. The summed E-state index contributed by atoms with van der Waals surface area (Å²) in [7, 11) is 6.63. The topological polar surface area (TPSA) is 81.7 Å². The number of carbonyl (C=O) groups excluding carboxylic acids is 1. The van der Waals surface area contributed by atoms with Crippen molar-refractivity contribution in [3.8, 4) is 23.0 Å². The van der Waals surface area contributed by atoms with Gasteiger partial charge in [-0.05, 0) is 38.5 Å². The van der Waals surface area contributed by atoms with Gasteiger partial charge in [0.05, 0.1) is 34.0 Å². The number of nitrogens with zero attached hydrogens (tertiary/aromatic N) is 2. The lowest BCUT2D eigenvalue weighted by Gasteiger charge is -2.39. The summed E-state index contributed by atoms with van der Waals surface area (Å²) in [5.74, 6) is 2.99. The summed E-state index contributed by atoms with van der Waals surface area (Å²) >= 11 is 0. The molecule has 0 unspecified atom stereocenters. The minimum absolute atomic E-state index is 0.456. The van der Waals surface area contributed by atoms with Crippen LogP contribution in [0, 0.1) is 0 Å². The van der Waals surface area contributed by atoms with Crippen molar-refractivity contribution in [3.05, 3.63) is 83.4 Å². The van der Waals surface area contributed by atoms with Crippen molar-refractivity contribution in [1.29, 1.82) is 0 Å². The fourth-order valence-electron chi connectivity index (χ4n) is 5.56. The molecule has 232 valence electrons. The van der Waals surface area contributed by atoms with Gasteiger partial charge in [0.15, 0.2) is 0 Å². The predicted molar refractivity (Wildman–Crippen MR) is 167 cm³/mol. The average molecular weight is 592 g/mol. The zero-order chi connectivity index (χ0) is 31.0. The maximum Gasteiger partial charge on any atom is 0.408 e. The molecule has 0 aromatic heterocycles. The van der Waals surface area contributed by atoms with Crippen molar-refractivity contribution in [2.45, 2.75) is 45.0 Å². The maximum absolute atomic E-state index is 13.5. The molecule has 3 aromatic rings. The molecule has 3 aromatic carbocycles. The first-order valence-electron chi connectivity index (χ1n) is 14.5. The first-order valence-corrected chi connectivity index (χ1v) is 14.5. The quantitative estimate of drug-likeness (QED) is 0.333. The minimum Gasteiger partial charge on any atom is -0.497 e. The van der Waals surface area contributed by atoms with Crippen LogP contribution in [0.4, 0.5) is 4.79 Å². The van der Waals surface area contributed by atoms with E-state index in [0.717, 1.165) is 52.8 Å². The molecule has 43 heavy (non-hydrogen) atoms. The molecule has 1 fully saturated rings. The van der Waals surface area contributed by atoms with Crippen LogP contribution in [0.25, 0.3) is 0 Å². The fraction of sp³-hybridized carbons (Fsp3) is 0.441. The Morgan fingerprint density at radius 3 is 1.65 bits per heavy atom. The molecule has 0 spiro atoms. The Bertz CT molecular complexity index is 1290. The summed E-state index contributed by atoms with van der Waals surface area (Å²) in [6.45, 7) is 9.51. The Kier molecular flexibility index (Phi) is 10.4. The Balaban J connectivity index is 1.74. The Morgan fingerprint density at radius 1 is 0.744 bits per heavy atom. The SMILES string of the molecule is COc1ccc(CN2CCN(Cc3ccc(OC)cc3OC)CC(NC(=O)OC(C)(C)C)(c3ccccc3)C2)c(OC)c1. The lowest BCUT2D eigenvalue weighted by Crippen LogP contribution is -2.57. The molecule has 1 heterocycles. The summed E-state index contributed by atoms with van der Waals surface area (Å²) < 4.78 is 28.1. The highest BCUT2D eigenvalue weighted by Gasteiger charge is 2.41. The molecule has 1 aliphatic rings. The van der Waals surface area contributed by atoms with E-state index in [1.807, 2.05) is 75.4 Å². The molecule has 0 bridgehead atoms. The zero-order valence-electron chi connectivity index (χ0n) is 26.4. The van der Waals surface area contributed by atoms with Crippen molar-refractivity contribution in [2.24, 2.45) is 0 Å². The van der Waals surface area contributed by atoms with Gasteiger partial charge < -0.3 is 29.0 Å². The third kappa shape index (κ3) is 8.33.